The quantitative estimate of drug-likeness (QED) is 0.841. The maximum atomic E-state index is 12.7. The molecule has 1 aliphatic carbocycles. The Morgan fingerprint density at radius 1 is 1.03 bits per heavy atom. The molecule has 1 aromatic rings. The van der Waals surface area contributed by atoms with Crippen molar-refractivity contribution in [3.05, 3.63) is 24.3 Å². The van der Waals surface area contributed by atoms with E-state index in [0.717, 1.165) is 38.5 Å². The van der Waals surface area contributed by atoms with Crippen LogP contribution in [0.2, 0.25) is 0 Å². The summed E-state index contributed by atoms with van der Waals surface area (Å²) in [5, 5.41) is 3.04. The number of carbonyl (C=O) groups excluding carboxylic acids is 3. The fourth-order valence-corrected chi connectivity index (χ4v) is 4.60. The summed E-state index contributed by atoms with van der Waals surface area (Å²) in [6.07, 6.45) is 7.12. The number of ether oxygens (including phenoxy) is 1. The van der Waals surface area contributed by atoms with Crippen LogP contribution in [-0.4, -0.2) is 54.9 Å². The topological polar surface area (TPSA) is 79.0 Å². The highest BCUT2D eigenvalue weighted by Crippen LogP contribution is 2.31. The predicted octanol–water partition coefficient (Wildman–Crippen LogP) is 2.10. The molecule has 7 nitrogen and oxygen atoms in total. The molecule has 1 saturated heterocycles. The first-order chi connectivity index (χ1) is 14.1. The van der Waals surface area contributed by atoms with Crippen LogP contribution >= 0.6 is 0 Å². The van der Waals surface area contributed by atoms with Crippen molar-refractivity contribution in [2.45, 2.75) is 51.0 Å². The fourth-order valence-electron chi connectivity index (χ4n) is 4.60. The molecule has 2 aliphatic heterocycles. The Labute approximate surface area is 171 Å². The fraction of sp³-hybridized carbons (Fsp3) is 0.591. The van der Waals surface area contributed by atoms with Crippen molar-refractivity contribution in [3.8, 4) is 5.75 Å². The van der Waals surface area contributed by atoms with E-state index in [4.69, 9.17) is 4.74 Å². The lowest BCUT2D eigenvalue weighted by molar-refractivity contribution is -0.137. The molecule has 3 aliphatic rings. The predicted molar refractivity (Wildman–Crippen MR) is 109 cm³/mol. The van der Waals surface area contributed by atoms with Crippen molar-refractivity contribution in [3.63, 3.8) is 0 Å². The normalized spacial score (nSPS) is 20.8. The number of fused-ring (bicyclic) bond motifs is 1. The van der Waals surface area contributed by atoms with Gasteiger partial charge in [-0.2, -0.15) is 0 Å². The van der Waals surface area contributed by atoms with Crippen LogP contribution in [0.5, 0.6) is 5.75 Å². The van der Waals surface area contributed by atoms with Crippen molar-refractivity contribution in [2.24, 2.45) is 5.92 Å². The van der Waals surface area contributed by atoms with E-state index in [1.54, 1.807) is 12.1 Å². The van der Waals surface area contributed by atoms with Gasteiger partial charge in [-0.1, -0.05) is 31.4 Å². The Hall–Kier alpha value is -2.57. The van der Waals surface area contributed by atoms with Gasteiger partial charge in [0.05, 0.1) is 5.69 Å². The average molecular weight is 399 g/mol. The Balaban J connectivity index is 1.27. The van der Waals surface area contributed by atoms with Gasteiger partial charge in [-0.25, -0.2) is 0 Å². The zero-order valence-corrected chi connectivity index (χ0v) is 16.8. The largest absolute Gasteiger partial charge is 0.482 e. The van der Waals surface area contributed by atoms with Crippen LogP contribution in [0.25, 0.3) is 0 Å². The molecule has 1 aromatic carbocycles. The van der Waals surface area contributed by atoms with E-state index in [-0.39, 0.29) is 36.9 Å². The molecule has 3 amide bonds. The van der Waals surface area contributed by atoms with Gasteiger partial charge < -0.3 is 15.0 Å². The lowest BCUT2D eigenvalue weighted by Crippen LogP contribution is -2.51. The number of amides is 3. The van der Waals surface area contributed by atoms with Gasteiger partial charge in [-0.15, -0.1) is 0 Å². The zero-order valence-electron chi connectivity index (χ0n) is 16.8. The number of para-hydroxylation sites is 2. The Morgan fingerprint density at radius 3 is 2.52 bits per heavy atom. The number of rotatable bonds is 4. The second-order valence-electron chi connectivity index (χ2n) is 8.24. The van der Waals surface area contributed by atoms with Gasteiger partial charge >= 0.3 is 0 Å². The SMILES string of the molecule is O=C(CN1C(=O)COc2ccccc21)NC1CCN(C(=O)C2CCCCC2)CC1. The van der Waals surface area contributed by atoms with Crippen LogP contribution in [-0.2, 0) is 14.4 Å². The number of hydrogen-bond donors (Lipinski definition) is 1. The second-order valence-corrected chi connectivity index (χ2v) is 8.24. The highest BCUT2D eigenvalue weighted by atomic mass is 16.5. The molecule has 156 valence electrons. The average Bonchev–Trinajstić information content (AvgIpc) is 2.76. The van der Waals surface area contributed by atoms with Crippen molar-refractivity contribution >= 4 is 23.4 Å². The van der Waals surface area contributed by atoms with Crippen LogP contribution in [0.15, 0.2) is 24.3 Å². The number of carbonyl (C=O) groups is 3. The molecule has 0 atom stereocenters. The number of nitrogens with zero attached hydrogens (tertiary/aromatic N) is 2. The van der Waals surface area contributed by atoms with E-state index >= 15 is 0 Å². The van der Waals surface area contributed by atoms with E-state index in [2.05, 4.69) is 5.32 Å². The Morgan fingerprint density at radius 2 is 1.76 bits per heavy atom. The van der Waals surface area contributed by atoms with E-state index in [1.807, 2.05) is 17.0 Å². The third-order valence-corrected chi connectivity index (χ3v) is 6.24. The lowest BCUT2D eigenvalue weighted by Gasteiger charge is -2.36. The van der Waals surface area contributed by atoms with E-state index in [9.17, 15) is 14.4 Å². The molecule has 0 radical (unpaired) electrons. The summed E-state index contributed by atoms with van der Waals surface area (Å²) in [4.78, 5) is 40.9. The van der Waals surface area contributed by atoms with Gasteiger partial charge in [-0.05, 0) is 37.8 Å². The summed E-state index contributed by atoms with van der Waals surface area (Å²) in [5.74, 6) is 0.723. The second kappa shape index (κ2) is 8.84. The van der Waals surface area contributed by atoms with Gasteiger partial charge in [-0.3, -0.25) is 19.3 Å². The van der Waals surface area contributed by atoms with Crippen LogP contribution in [0, 0.1) is 5.92 Å². The van der Waals surface area contributed by atoms with Gasteiger partial charge in [0.2, 0.25) is 11.8 Å². The molecule has 29 heavy (non-hydrogen) atoms. The van der Waals surface area contributed by atoms with E-state index < -0.39 is 0 Å². The molecule has 2 heterocycles. The number of likely N-dealkylation sites (tertiary alicyclic amines) is 1. The Kier molecular flexibility index (Phi) is 6.02. The summed E-state index contributed by atoms with van der Waals surface area (Å²) < 4.78 is 5.42. The van der Waals surface area contributed by atoms with Gasteiger partial charge in [0, 0.05) is 25.0 Å². The van der Waals surface area contributed by atoms with Gasteiger partial charge in [0.15, 0.2) is 6.61 Å². The summed E-state index contributed by atoms with van der Waals surface area (Å²) in [5.41, 5.74) is 0.631. The van der Waals surface area contributed by atoms with E-state index in [0.29, 0.717) is 30.4 Å². The molecule has 1 N–H and O–H groups in total. The molecule has 2 fully saturated rings. The third-order valence-electron chi connectivity index (χ3n) is 6.24. The molecular weight excluding hydrogens is 370 g/mol. The van der Waals surface area contributed by atoms with Crippen molar-refractivity contribution in [2.75, 3.05) is 31.1 Å². The van der Waals surface area contributed by atoms with Gasteiger partial charge in [0.1, 0.15) is 12.3 Å². The van der Waals surface area contributed by atoms with Crippen molar-refractivity contribution in [1.29, 1.82) is 0 Å². The number of hydrogen-bond acceptors (Lipinski definition) is 4. The minimum atomic E-state index is -0.216. The van der Waals surface area contributed by atoms with Crippen LogP contribution in [0.4, 0.5) is 5.69 Å². The number of benzene rings is 1. The molecule has 0 bridgehead atoms. The van der Waals surface area contributed by atoms with E-state index in [1.165, 1.54) is 11.3 Å². The summed E-state index contributed by atoms with van der Waals surface area (Å²) in [6, 6.07) is 7.30. The first-order valence-corrected chi connectivity index (χ1v) is 10.7. The third kappa shape index (κ3) is 4.54. The molecule has 7 heteroatoms. The summed E-state index contributed by atoms with van der Waals surface area (Å²) in [7, 11) is 0. The molecule has 0 aromatic heterocycles. The minimum Gasteiger partial charge on any atom is -0.482 e. The minimum absolute atomic E-state index is 0.0135. The first-order valence-electron chi connectivity index (χ1n) is 10.7. The van der Waals surface area contributed by atoms with Crippen LogP contribution in [0.1, 0.15) is 44.9 Å². The molecule has 4 rings (SSSR count). The first kappa shape index (κ1) is 19.7. The van der Waals surface area contributed by atoms with Crippen molar-refractivity contribution in [1.82, 2.24) is 10.2 Å². The zero-order chi connectivity index (χ0) is 20.2. The van der Waals surface area contributed by atoms with Crippen molar-refractivity contribution < 1.29 is 19.1 Å². The maximum absolute atomic E-state index is 12.7. The highest BCUT2D eigenvalue weighted by molar-refractivity contribution is 6.02. The molecular formula is C22H29N3O4. The summed E-state index contributed by atoms with van der Waals surface area (Å²) >= 11 is 0. The molecule has 1 saturated carbocycles. The number of nitrogens with one attached hydrogen (secondary N) is 1. The van der Waals surface area contributed by atoms with Crippen LogP contribution < -0.4 is 15.0 Å². The Bertz CT molecular complexity index is 767. The number of anilines is 1. The maximum Gasteiger partial charge on any atom is 0.265 e. The molecule has 0 unspecified atom stereocenters. The standard InChI is InChI=1S/C22H29N3O4/c26-20(14-25-18-8-4-5-9-19(18)29-15-21(25)27)23-17-10-12-24(13-11-17)22(28)16-6-2-1-3-7-16/h4-5,8-9,16-17H,1-3,6-7,10-15H2,(H,23,26). The van der Waals surface area contributed by atoms with Crippen LogP contribution in [0.3, 0.4) is 0 Å². The van der Waals surface area contributed by atoms with Gasteiger partial charge in [0.25, 0.3) is 5.91 Å². The number of piperidine rings is 1. The lowest BCUT2D eigenvalue weighted by atomic mass is 9.87. The summed E-state index contributed by atoms with van der Waals surface area (Å²) in [6.45, 7) is 1.32. The monoisotopic (exact) mass is 399 g/mol. The smallest absolute Gasteiger partial charge is 0.265 e. The highest BCUT2D eigenvalue weighted by Gasteiger charge is 2.31. The molecule has 0 spiro atoms.